The Labute approximate surface area is 82.8 Å². The van der Waals surface area contributed by atoms with Crippen molar-refractivity contribution < 1.29 is 9.90 Å². The van der Waals surface area contributed by atoms with Crippen molar-refractivity contribution in [2.45, 2.75) is 31.6 Å². The summed E-state index contributed by atoms with van der Waals surface area (Å²) < 4.78 is 0. The van der Waals surface area contributed by atoms with Crippen LogP contribution in [0.5, 0.6) is 5.75 Å². The SMILES string of the molecule is O=C1CCC[C@@H](c2ncccc2O)C1. The molecule has 1 saturated carbocycles. The molecule has 1 heterocycles. The minimum atomic E-state index is 0.123. The molecule has 0 aromatic carbocycles. The molecule has 1 aromatic heterocycles. The van der Waals surface area contributed by atoms with Crippen molar-refractivity contribution in [1.29, 1.82) is 0 Å². The van der Waals surface area contributed by atoms with E-state index >= 15 is 0 Å². The molecule has 14 heavy (non-hydrogen) atoms. The standard InChI is InChI=1S/C11H13NO2/c13-9-4-1-3-8(7-9)11-10(14)5-2-6-12-11/h2,5-6,8,14H,1,3-4,7H2/t8-/m1/s1. The Morgan fingerprint density at radius 2 is 2.36 bits per heavy atom. The van der Waals surface area contributed by atoms with Crippen molar-refractivity contribution in [1.82, 2.24) is 4.98 Å². The Morgan fingerprint density at radius 3 is 3.07 bits per heavy atom. The molecule has 0 radical (unpaired) electrons. The van der Waals surface area contributed by atoms with Crippen LogP contribution in [-0.4, -0.2) is 15.9 Å². The van der Waals surface area contributed by atoms with E-state index in [1.807, 2.05) is 0 Å². The first-order valence-corrected chi connectivity index (χ1v) is 4.93. The van der Waals surface area contributed by atoms with Crippen LogP contribution in [0.1, 0.15) is 37.3 Å². The maximum atomic E-state index is 11.2. The maximum Gasteiger partial charge on any atom is 0.137 e. The second kappa shape index (κ2) is 3.78. The van der Waals surface area contributed by atoms with Gasteiger partial charge in [-0.1, -0.05) is 0 Å². The van der Waals surface area contributed by atoms with Crippen molar-refractivity contribution >= 4 is 5.78 Å². The molecular weight excluding hydrogens is 178 g/mol. The van der Waals surface area contributed by atoms with Gasteiger partial charge in [-0.2, -0.15) is 0 Å². The summed E-state index contributed by atoms with van der Waals surface area (Å²) in [5.74, 6) is 0.621. The van der Waals surface area contributed by atoms with Gasteiger partial charge in [0.25, 0.3) is 0 Å². The van der Waals surface area contributed by atoms with Crippen LogP contribution in [0.3, 0.4) is 0 Å². The molecule has 0 aliphatic heterocycles. The number of aromatic nitrogens is 1. The Bertz CT molecular complexity index is 349. The number of ketones is 1. The van der Waals surface area contributed by atoms with E-state index < -0.39 is 0 Å². The highest BCUT2D eigenvalue weighted by Crippen LogP contribution is 2.33. The van der Waals surface area contributed by atoms with Crippen molar-refractivity contribution in [2.24, 2.45) is 0 Å². The number of pyridine rings is 1. The summed E-state index contributed by atoms with van der Waals surface area (Å²) in [6, 6.07) is 3.32. The zero-order valence-electron chi connectivity index (χ0n) is 7.94. The van der Waals surface area contributed by atoms with Gasteiger partial charge in [0.1, 0.15) is 11.5 Å². The van der Waals surface area contributed by atoms with Gasteiger partial charge in [0.05, 0.1) is 5.69 Å². The van der Waals surface area contributed by atoms with Crippen LogP contribution >= 0.6 is 0 Å². The van der Waals surface area contributed by atoms with Gasteiger partial charge >= 0.3 is 0 Å². The Morgan fingerprint density at radius 1 is 1.50 bits per heavy atom. The fourth-order valence-corrected chi connectivity index (χ4v) is 1.98. The van der Waals surface area contributed by atoms with Gasteiger partial charge < -0.3 is 5.11 Å². The van der Waals surface area contributed by atoms with Gasteiger partial charge in [0.15, 0.2) is 0 Å². The highest BCUT2D eigenvalue weighted by atomic mass is 16.3. The normalized spacial score (nSPS) is 22.3. The molecule has 1 aliphatic rings. The van der Waals surface area contributed by atoms with Crippen LogP contribution in [-0.2, 0) is 4.79 Å². The molecule has 3 nitrogen and oxygen atoms in total. The number of rotatable bonds is 1. The van der Waals surface area contributed by atoms with E-state index in [0.29, 0.717) is 18.5 Å². The molecule has 1 aliphatic carbocycles. The average Bonchev–Trinajstić information content (AvgIpc) is 2.18. The fourth-order valence-electron chi connectivity index (χ4n) is 1.98. The average molecular weight is 191 g/mol. The third kappa shape index (κ3) is 1.76. The number of hydrogen-bond acceptors (Lipinski definition) is 3. The van der Waals surface area contributed by atoms with Crippen LogP contribution in [0.25, 0.3) is 0 Å². The molecule has 0 amide bonds. The van der Waals surface area contributed by atoms with Crippen molar-refractivity contribution in [3.05, 3.63) is 24.0 Å². The van der Waals surface area contributed by atoms with Crippen LogP contribution < -0.4 is 0 Å². The van der Waals surface area contributed by atoms with Crippen LogP contribution in [0.4, 0.5) is 0 Å². The quantitative estimate of drug-likeness (QED) is 0.738. The first-order chi connectivity index (χ1) is 6.77. The van der Waals surface area contributed by atoms with Gasteiger partial charge in [0.2, 0.25) is 0 Å². The molecule has 1 fully saturated rings. The van der Waals surface area contributed by atoms with Gasteiger partial charge in [0, 0.05) is 25.0 Å². The number of carbonyl (C=O) groups is 1. The predicted molar refractivity (Wildman–Crippen MR) is 52.1 cm³/mol. The van der Waals surface area contributed by atoms with E-state index in [-0.39, 0.29) is 17.5 Å². The van der Waals surface area contributed by atoms with Gasteiger partial charge in [-0.25, -0.2) is 0 Å². The fraction of sp³-hybridized carbons (Fsp3) is 0.455. The second-order valence-corrected chi connectivity index (χ2v) is 3.74. The Balaban J connectivity index is 2.22. The molecule has 1 aromatic rings. The van der Waals surface area contributed by atoms with Crippen LogP contribution in [0, 0.1) is 0 Å². The number of hydrogen-bond donors (Lipinski definition) is 1. The molecule has 0 spiro atoms. The molecule has 2 rings (SSSR count). The summed E-state index contributed by atoms with van der Waals surface area (Å²) in [5, 5.41) is 9.58. The topological polar surface area (TPSA) is 50.2 Å². The number of aromatic hydroxyl groups is 1. The summed E-state index contributed by atoms with van der Waals surface area (Å²) in [6.07, 6.45) is 4.75. The Hall–Kier alpha value is -1.38. The lowest BCUT2D eigenvalue weighted by Gasteiger charge is -2.20. The van der Waals surface area contributed by atoms with E-state index in [1.165, 1.54) is 0 Å². The lowest BCUT2D eigenvalue weighted by molar-refractivity contribution is -0.120. The number of nitrogens with zero attached hydrogens (tertiary/aromatic N) is 1. The maximum absolute atomic E-state index is 11.2. The lowest BCUT2D eigenvalue weighted by Crippen LogP contribution is -2.14. The van der Waals surface area contributed by atoms with E-state index in [2.05, 4.69) is 4.98 Å². The van der Waals surface area contributed by atoms with Crippen molar-refractivity contribution in [3.63, 3.8) is 0 Å². The van der Waals surface area contributed by atoms with E-state index in [0.717, 1.165) is 12.8 Å². The largest absolute Gasteiger partial charge is 0.506 e. The van der Waals surface area contributed by atoms with Crippen molar-refractivity contribution in [2.75, 3.05) is 0 Å². The lowest BCUT2D eigenvalue weighted by atomic mass is 9.85. The molecule has 74 valence electrons. The second-order valence-electron chi connectivity index (χ2n) is 3.74. The molecule has 0 saturated heterocycles. The zero-order chi connectivity index (χ0) is 9.97. The smallest absolute Gasteiger partial charge is 0.137 e. The van der Waals surface area contributed by atoms with Crippen molar-refractivity contribution in [3.8, 4) is 5.75 Å². The molecule has 3 heteroatoms. The molecular formula is C11H13NO2. The molecule has 1 atom stereocenters. The van der Waals surface area contributed by atoms with Gasteiger partial charge in [-0.3, -0.25) is 9.78 Å². The Kier molecular flexibility index (Phi) is 2.48. The third-order valence-corrected chi connectivity index (χ3v) is 2.69. The summed E-state index contributed by atoms with van der Waals surface area (Å²) >= 11 is 0. The summed E-state index contributed by atoms with van der Waals surface area (Å²) in [7, 11) is 0. The predicted octanol–water partition coefficient (Wildman–Crippen LogP) is 2.01. The summed E-state index contributed by atoms with van der Waals surface area (Å²) in [6.45, 7) is 0. The monoisotopic (exact) mass is 191 g/mol. The van der Waals surface area contributed by atoms with E-state index in [9.17, 15) is 9.90 Å². The summed E-state index contributed by atoms with van der Waals surface area (Å²) in [5.41, 5.74) is 0.681. The number of carbonyl (C=O) groups excluding carboxylic acids is 1. The van der Waals surface area contributed by atoms with E-state index in [4.69, 9.17) is 0 Å². The minimum absolute atomic E-state index is 0.123. The van der Waals surface area contributed by atoms with E-state index in [1.54, 1.807) is 18.3 Å². The first-order valence-electron chi connectivity index (χ1n) is 4.93. The van der Waals surface area contributed by atoms with Crippen LogP contribution in [0.2, 0.25) is 0 Å². The van der Waals surface area contributed by atoms with Gasteiger partial charge in [-0.15, -0.1) is 0 Å². The first kappa shape index (κ1) is 9.19. The third-order valence-electron chi connectivity index (χ3n) is 2.69. The highest BCUT2D eigenvalue weighted by molar-refractivity contribution is 5.80. The molecule has 0 unspecified atom stereocenters. The minimum Gasteiger partial charge on any atom is -0.506 e. The molecule has 1 N–H and O–H groups in total. The van der Waals surface area contributed by atoms with Gasteiger partial charge in [-0.05, 0) is 25.0 Å². The van der Waals surface area contributed by atoms with Crippen LogP contribution in [0.15, 0.2) is 18.3 Å². The number of Topliss-reactive ketones (excluding diaryl/α,β-unsaturated/α-hetero) is 1. The highest BCUT2D eigenvalue weighted by Gasteiger charge is 2.23. The summed E-state index contributed by atoms with van der Waals surface area (Å²) in [4.78, 5) is 15.4. The molecule has 0 bridgehead atoms. The zero-order valence-corrected chi connectivity index (χ0v) is 7.94.